The van der Waals surface area contributed by atoms with Gasteiger partial charge in [0.1, 0.15) is 17.1 Å². The number of hydrogen-bond donors (Lipinski definition) is 1. The van der Waals surface area contributed by atoms with Crippen molar-refractivity contribution in [3.05, 3.63) is 47.3 Å². The van der Waals surface area contributed by atoms with Crippen LogP contribution in [0.3, 0.4) is 0 Å². The van der Waals surface area contributed by atoms with E-state index in [2.05, 4.69) is 4.98 Å². The Labute approximate surface area is 134 Å². The predicted molar refractivity (Wildman–Crippen MR) is 90.7 cm³/mol. The number of carbonyl (C=O) groups excluding carboxylic acids is 1. The molecule has 0 saturated heterocycles. The first-order valence-electron chi connectivity index (χ1n) is 7.34. The van der Waals surface area contributed by atoms with Crippen molar-refractivity contribution in [2.75, 3.05) is 7.11 Å². The number of nitrogens with two attached hydrogens (primary N) is 1. The second-order valence-corrected chi connectivity index (χ2v) is 5.67. The number of methoxy groups -OCH3 is 1. The van der Waals surface area contributed by atoms with Gasteiger partial charge in [0.2, 0.25) is 0 Å². The number of aromatic nitrogens is 2. The number of ether oxygens (including phenoxy) is 1. The number of primary amides is 1. The molecule has 0 bridgehead atoms. The molecule has 1 aromatic carbocycles. The number of pyridine rings is 1. The molecule has 5 nitrogen and oxygen atoms in total. The Balaban J connectivity index is 2.43. The van der Waals surface area contributed by atoms with Crippen LogP contribution in [-0.2, 0) is 7.05 Å². The van der Waals surface area contributed by atoms with Gasteiger partial charge >= 0.3 is 0 Å². The van der Waals surface area contributed by atoms with Crippen LogP contribution in [0, 0.1) is 13.8 Å². The minimum atomic E-state index is -0.535. The summed E-state index contributed by atoms with van der Waals surface area (Å²) < 4.78 is 7.33. The van der Waals surface area contributed by atoms with Crippen molar-refractivity contribution in [2.24, 2.45) is 12.8 Å². The van der Waals surface area contributed by atoms with Crippen molar-refractivity contribution < 1.29 is 9.53 Å². The number of benzene rings is 1. The molecule has 0 atom stereocenters. The molecule has 0 unspecified atom stereocenters. The highest BCUT2D eigenvalue weighted by molar-refractivity contribution is 6.01. The summed E-state index contributed by atoms with van der Waals surface area (Å²) in [6.45, 7) is 4.06. The summed E-state index contributed by atoms with van der Waals surface area (Å²) in [6, 6.07) is 7.73. The quantitative estimate of drug-likeness (QED) is 0.808. The van der Waals surface area contributed by atoms with E-state index in [1.807, 2.05) is 49.9 Å². The zero-order valence-corrected chi connectivity index (χ0v) is 13.7. The lowest BCUT2D eigenvalue weighted by Gasteiger charge is -2.15. The number of fused-ring (bicyclic) bond motifs is 1. The van der Waals surface area contributed by atoms with E-state index in [0.717, 1.165) is 39.0 Å². The van der Waals surface area contributed by atoms with E-state index < -0.39 is 5.91 Å². The second kappa shape index (κ2) is 5.43. The van der Waals surface area contributed by atoms with E-state index in [-0.39, 0.29) is 5.69 Å². The number of nitrogens with zero attached hydrogens (tertiary/aromatic N) is 2. The second-order valence-electron chi connectivity index (χ2n) is 5.67. The van der Waals surface area contributed by atoms with Crippen LogP contribution >= 0.6 is 0 Å². The molecule has 2 N–H and O–H groups in total. The van der Waals surface area contributed by atoms with Crippen LogP contribution < -0.4 is 10.5 Å². The van der Waals surface area contributed by atoms with Crippen LogP contribution in [0.25, 0.3) is 22.2 Å². The van der Waals surface area contributed by atoms with Gasteiger partial charge in [-0.25, -0.2) is 4.98 Å². The minimum Gasteiger partial charge on any atom is -0.496 e. The van der Waals surface area contributed by atoms with Gasteiger partial charge in [0.05, 0.1) is 7.11 Å². The molecule has 0 fully saturated rings. The van der Waals surface area contributed by atoms with Gasteiger partial charge in [0, 0.05) is 18.6 Å². The maximum atomic E-state index is 11.7. The molecule has 0 aliphatic rings. The highest BCUT2D eigenvalue weighted by Gasteiger charge is 2.17. The largest absolute Gasteiger partial charge is 0.496 e. The summed E-state index contributed by atoms with van der Waals surface area (Å²) >= 11 is 0. The van der Waals surface area contributed by atoms with Crippen molar-refractivity contribution in [3.63, 3.8) is 0 Å². The average Bonchev–Trinajstić information content (AvgIpc) is 2.89. The Hall–Kier alpha value is -2.82. The van der Waals surface area contributed by atoms with Gasteiger partial charge in [-0.3, -0.25) is 4.79 Å². The molecule has 118 valence electrons. The fraction of sp³-hybridized carbons (Fsp3) is 0.222. The van der Waals surface area contributed by atoms with Crippen molar-refractivity contribution >= 4 is 16.9 Å². The summed E-state index contributed by atoms with van der Waals surface area (Å²) in [5.74, 6) is 0.277. The van der Waals surface area contributed by atoms with E-state index >= 15 is 0 Å². The van der Waals surface area contributed by atoms with Gasteiger partial charge in [-0.05, 0) is 54.3 Å². The summed E-state index contributed by atoms with van der Waals surface area (Å²) in [7, 11) is 3.55. The monoisotopic (exact) mass is 309 g/mol. The summed E-state index contributed by atoms with van der Waals surface area (Å²) in [6.07, 6.45) is 1.93. The Morgan fingerprint density at radius 3 is 2.65 bits per heavy atom. The zero-order valence-electron chi connectivity index (χ0n) is 13.7. The smallest absolute Gasteiger partial charge is 0.267 e. The van der Waals surface area contributed by atoms with Crippen LogP contribution in [0.2, 0.25) is 0 Å². The van der Waals surface area contributed by atoms with Crippen LogP contribution in [0.1, 0.15) is 21.6 Å². The van der Waals surface area contributed by atoms with E-state index in [4.69, 9.17) is 10.5 Å². The van der Waals surface area contributed by atoms with Gasteiger partial charge in [0.25, 0.3) is 5.91 Å². The van der Waals surface area contributed by atoms with Gasteiger partial charge in [0.15, 0.2) is 0 Å². The predicted octanol–water partition coefficient (Wildman–Crippen LogP) is 2.96. The van der Waals surface area contributed by atoms with Gasteiger partial charge < -0.3 is 15.0 Å². The molecule has 0 spiro atoms. The molecule has 2 heterocycles. The molecule has 0 saturated carbocycles. The highest BCUT2D eigenvalue weighted by Crippen LogP contribution is 2.37. The standard InChI is InChI=1S/C18H19N3O2/c1-10-5-6-15(23-4)11(2)16(10)13-9-14(17(19)22)20-18-12(13)7-8-21(18)3/h5-9H,1-4H3,(H2,19,22). The lowest BCUT2D eigenvalue weighted by Crippen LogP contribution is -2.13. The van der Waals surface area contributed by atoms with Gasteiger partial charge in [-0.15, -0.1) is 0 Å². The fourth-order valence-corrected chi connectivity index (χ4v) is 3.03. The molecule has 23 heavy (non-hydrogen) atoms. The van der Waals surface area contributed by atoms with Crippen LogP contribution in [0.15, 0.2) is 30.5 Å². The zero-order chi connectivity index (χ0) is 16.7. The molecule has 0 aliphatic heterocycles. The molecule has 1 amide bonds. The molecular weight excluding hydrogens is 290 g/mol. The van der Waals surface area contributed by atoms with Gasteiger partial charge in [-0.1, -0.05) is 6.07 Å². The highest BCUT2D eigenvalue weighted by atomic mass is 16.5. The summed E-state index contributed by atoms with van der Waals surface area (Å²) in [5, 5.41) is 0.983. The minimum absolute atomic E-state index is 0.260. The lowest BCUT2D eigenvalue weighted by atomic mass is 9.93. The topological polar surface area (TPSA) is 70.1 Å². The molecule has 2 aromatic heterocycles. The Kier molecular flexibility index (Phi) is 3.56. The third kappa shape index (κ3) is 2.34. The molecular formula is C18H19N3O2. The first-order valence-corrected chi connectivity index (χ1v) is 7.34. The Bertz CT molecular complexity index is 926. The first-order chi connectivity index (χ1) is 10.9. The number of carbonyl (C=O) groups is 1. The Morgan fingerprint density at radius 1 is 1.26 bits per heavy atom. The third-order valence-corrected chi connectivity index (χ3v) is 4.20. The van der Waals surface area contributed by atoms with Crippen LogP contribution in [-0.4, -0.2) is 22.6 Å². The van der Waals surface area contributed by atoms with E-state index in [0.29, 0.717) is 0 Å². The van der Waals surface area contributed by atoms with E-state index in [1.165, 1.54) is 0 Å². The third-order valence-electron chi connectivity index (χ3n) is 4.20. The van der Waals surface area contributed by atoms with Crippen molar-refractivity contribution in [3.8, 4) is 16.9 Å². The summed E-state index contributed by atoms with van der Waals surface area (Å²) in [4.78, 5) is 16.1. The fourth-order valence-electron chi connectivity index (χ4n) is 3.03. The molecule has 0 aliphatic carbocycles. The first kappa shape index (κ1) is 15.1. The molecule has 0 radical (unpaired) electrons. The maximum absolute atomic E-state index is 11.7. The van der Waals surface area contributed by atoms with E-state index in [9.17, 15) is 4.79 Å². The van der Waals surface area contributed by atoms with Crippen molar-refractivity contribution in [1.29, 1.82) is 0 Å². The lowest BCUT2D eigenvalue weighted by molar-refractivity contribution is 0.0996. The average molecular weight is 309 g/mol. The van der Waals surface area contributed by atoms with Crippen molar-refractivity contribution in [2.45, 2.75) is 13.8 Å². The number of hydrogen-bond acceptors (Lipinski definition) is 3. The number of rotatable bonds is 3. The maximum Gasteiger partial charge on any atom is 0.267 e. The molecule has 5 heteroatoms. The van der Waals surface area contributed by atoms with E-state index in [1.54, 1.807) is 13.2 Å². The molecule has 3 rings (SSSR count). The van der Waals surface area contributed by atoms with Crippen molar-refractivity contribution in [1.82, 2.24) is 9.55 Å². The SMILES string of the molecule is COc1ccc(C)c(-c2cc(C(N)=O)nc3c2ccn3C)c1C. The number of aryl methyl sites for hydroxylation is 2. The molecule has 3 aromatic rings. The van der Waals surface area contributed by atoms with Crippen LogP contribution in [0.4, 0.5) is 0 Å². The number of amides is 1. The van der Waals surface area contributed by atoms with Crippen LogP contribution in [0.5, 0.6) is 5.75 Å². The normalized spacial score (nSPS) is 11.0. The van der Waals surface area contributed by atoms with Gasteiger partial charge in [-0.2, -0.15) is 0 Å². The summed E-state index contributed by atoms with van der Waals surface area (Å²) in [5.41, 5.74) is 10.6. The Morgan fingerprint density at radius 2 is 2.00 bits per heavy atom.